The smallest absolute Gasteiger partial charge is 0.356 e. The van der Waals surface area contributed by atoms with Gasteiger partial charge in [-0.25, -0.2) is 13.6 Å². The van der Waals surface area contributed by atoms with Crippen molar-refractivity contribution < 1.29 is 36.6 Å². The van der Waals surface area contributed by atoms with Gasteiger partial charge in [-0.15, -0.1) is 0 Å². The van der Waals surface area contributed by atoms with Crippen LogP contribution in [0.15, 0.2) is 77.5 Å². The molecule has 0 saturated heterocycles. The van der Waals surface area contributed by atoms with E-state index < -0.39 is 52.0 Å². The van der Waals surface area contributed by atoms with E-state index in [-0.39, 0.29) is 0 Å². The average molecular weight is 486 g/mol. The van der Waals surface area contributed by atoms with Gasteiger partial charge in [-0.2, -0.15) is 13.9 Å². The summed E-state index contributed by atoms with van der Waals surface area (Å²) < 4.78 is 65.7. The highest BCUT2D eigenvalue weighted by molar-refractivity contribution is 6.13. The maximum absolute atomic E-state index is 14.4. The minimum absolute atomic E-state index is 0.354. The van der Waals surface area contributed by atoms with Gasteiger partial charge in [0.1, 0.15) is 5.70 Å². The zero-order valence-corrected chi connectivity index (χ0v) is 18.4. The van der Waals surface area contributed by atoms with Gasteiger partial charge < -0.3 is 9.47 Å². The van der Waals surface area contributed by atoms with Crippen molar-refractivity contribution in [1.82, 2.24) is 5.43 Å². The van der Waals surface area contributed by atoms with Crippen LogP contribution in [0.3, 0.4) is 0 Å². The van der Waals surface area contributed by atoms with E-state index in [2.05, 4.69) is 20.0 Å². The van der Waals surface area contributed by atoms with Gasteiger partial charge in [0.15, 0.2) is 23.2 Å². The van der Waals surface area contributed by atoms with Crippen molar-refractivity contribution in [3.63, 3.8) is 0 Å². The summed E-state index contributed by atoms with van der Waals surface area (Å²) in [7, 11) is 1.80. The number of hydrogen-bond acceptors (Lipinski definition) is 6. The van der Waals surface area contributed by atoms with Gasteiger partial charge in [0.2, 0.25) is 11.6 Å². The van der Waals surface area contributed by atoms with E-state index in [4.69, 9.17) is 0 Å². The van der Waals surface area contributed by atoms with Gasteiger partial charge in [-0.1, -0.05) is 60.7 Å². The molecule has 35 heavy (non-hydrogen) atoms. The van der Waals surface area contributed by atoms with Crippen LogP contribution < -0.4 is 10.2 Å². The number of benzene rings is 3. The quantitative estimate of drug-likeness (QED) is 0.0963. The zero-order valence-electron chi connectivity index (χ0n) is 18.4. The van der Waals surface area contributed by atoms with Gasteiger partial charge in [0.05, 0.1) is 25.5 Å². The monoisotopic (exact) mass is 486 g/mol. The fourth-order valence-electron chi connectivity index (χ4n) is 3.06. The molecule has 0 saturated carbocycles. The third kappa shape index (κ3) is 5.37. The molecule has 10 heteroatoms. The lowest BCUT2D eigenvalue weighted by Gasteiger charge is -2.11. The number of esters is 1. The van der Waals surface area contributed by atoms with Gasteiger partial charge >= 0.3 is 5.97 Å². The first kappa shape index (κ1) is 25.2. The fraction of sp³-hybridized carbons (Fsp3) is 0.0800. The molecule has 0 heterocycles. The highest BCUT2D eigenvalue weighted by atomic mass is 19.2. The number of rotatable bonds is 8. The van der Waals surface area contributed by atoms with Crippen LogP contribution in [0.2, 0.25) is 0 Å². The third-order valence-electron chi connectivity index (χ3n) is 4.74. The summed E-state index contributed by atoms with van der Waals surface area (Å²) in [6.45, 7) is 0. The molecule has 0 aliphatic rings. The Balaban J connectivity index is 2.07. The number of carbonyl (C=O) groups is 2. The molecule has 6 nitrogen and oxygen atoms in total. The van der Waals surface area contributed by atoms with Crippen molar-refractivity contribution in [2.45, 2.75) is 0 Å². The molecular formula is C25H18F4N2O4. The number of carbonyl (C=O) groups excluding carboxylic acids is 2. The Bertz CT molecular complexity index is 1240. The van der Waals surface area contributed by atoms with Crippen molar-refractivity contribution in [2.75, 3.05) is 14.2 Å². The first-order valence-corrected chi connectivity index (χ1v) is 9.98. The normalized spacial score (nSPS) is 11.0. The summed E-state index contributed by atoms with van der Waals surface area (Å²) in [4.78, 5) is 24.8. The maximum Gasteiger partial charge on any atom is 0.356 e. The molecule has 0 spiro atoms. The number of nitrogens with one attached hydrogen (secondary N) is 1. The largest absolute Gasteiger partial charge is 0.491 e. The van der Waals surface area contributed by atoms with Crippen LogP contribution in [0, 0.1) is 23.3 Å². The highest BCUT2D eigenvalue weighted by Gasteiger charge is 2.30. The molecule has 3 aromatic rings. The lowest BCUT2D eigenvalue weighted by molar-refractivity contribution is -0.136. The van der Waals surface area contributed by atoms with E-state index in [1.807, 2.05) is 0 Å². The van der Waals surface area contributed by atoms with Crippen molar-refractivity contribution >= 4 is 17.5 Å². The Morgan fingerprint density at radius 1 is 0.800 bits per heavy atom. The van der Waals surface area contributed by atoms with E-state index >= 15 is 0 Å². The van der Waals surface area contributed by atoms with Gasteiger partial charge in [0, 0.05) is 17.2 Å². The predicted octanol–water partition coefficient (Wildman–Crippen LogP) is 4.53. The second kappa shape index (κ2) is 11.1. The SMILES string of the molecule is COC(=O)/C(=C/C(=O)c1c(F)c(F)c(OC)c(F)c1F)NN=C(c1ccccc1)c1ccccc1. The van der Waals surface area contributed by atoms with E-state index in [0.29, 0.717) is 22.9 Å². The second-order valence-corrected chi connectivity index (χ2v) is 6.88. The fourth-order valence-corrected chi connectivity index (χ4v) is 3.06. The van der Waals surface area contributed by atoms with Crippen LogP contribution >= 0.6 is 0 Å². The van der Waals surface area contributed by atoms with Gasteiger partial charge in [0.25, 0.3) is 0 Å². The minimum Gasteiger partial charge on any atom is -0.491 e. The molecule has 0 bridgehead atoms. The molecule has 0 atom stereocenters. The summed E-state index contributed by atoms with van der Waals surface area (Å²) in [5, 5.41) is 4.18. The third-order valence-corrected chi connectivity index (χ3v) is 4.74. The van der Waals surface area contributed by atoms with E-state index in [9.17, 15) is 27.2 Å². The molecule has 0 aromatic heterocycles. The van der Waals surface area contributed by atoms with E-state index in [1.54, 1.807) is 60.7 Å². The Morgan fingerprint density at radius 2 is 1.29 bits per heavy atom. The Hall–Kier alpha value is -4.47. The number of ether oxygens (including phenoxy) is 2. The number of methoxy groups -OCH3 is 2. The number of nitrogens with zero attached hydrogens (tertiary/aromatic N) is 1. The van der Waals surface area contributed by atoms with Crippen LogP contribution in [0.5, 0.6) is 5.75 Å². The van der Waals surface area contributed by atoms with Crippen LogP contribution in [0.1, 0.15) is 21.5 Å². The summed E-state index contributed by atoms with van der Waals surface area (Å²) in [6.07, 6.45) is 0.426. The minimum atomic E-state index is -1.98. The molecule has 1 N–H and O–H groups in total. The Kier molecular flexibility index (Phi) is 7.98. The predicted molar refractivity (Wildman–Crippen MR) is 119 cm³/mol. The number of halogens is 4. The summed E-state index contributed by atoms with van der Waals surface area (Å²) in [5.74, 6) is -11.8. The molecule has 180 valence electrons. The van der Waals surface area contributed by atoms with Crippen LogP contribution in [0.25, 0.3) is 0 Å². The number of allylic oxidation sites excluding steroid dienone is 1. The molecule has 0 aliphatic carbocycles. The van der Waals surface area contributed by atoms with Crippen molar-refractivity contribution in [3.05, 3.63) is 112 Å². The average Bonchev–Trinajstić information content (AvgIpc) is 2.88. The van der Waals surface area contributed by atoms with Crippen molar-refractivity contribution in [3.8, 4) is 5.75 Å². The van der Waals surface area contributed by atoms with Crippen LogP contribution in [0.4, 0.5) is 17.6 Å². The first-order valence-electron chi connectivity index (χ1n) is 9.98. The van der Waals surface area contributed by atoms with Crippen molar-refractivity contribution in [2.24, 2.45) is 5.10 Å². The zero-order chi connectivity index (χ0) is 25.5. The Morgan fingerprint density at radius 3 is 1.71 bits per heavy atom. The lowest BCUT2D eigenvalue weighted by Crippen LogP contribution is -2.21. The molecule has 3 aromatic carbocycles. The number of hydrazone groups is 1. The molecule has 0 fully saturated rings. The summed E-state index contributed by atoms with van der Waals surface area (Å²) >= 11 is 0. The van der Waals surface area contributed by atoms with Crippen molar-refractivity contribution in [1.29, 1.82) is 0 Å². The molecule has 0 radical (unpaired) electrons. The van der Waals surface area contributed by atoms with Crippen LogP contribution in [-0.4, -0.2) is 31.7 Å². The van der Waals surface area contributed by atoms with Crippen LogP contribution in [-0.2, 0) is 9.53 Å². The van der Waals surface area contributed by atoms with Gasteiger partial charge in [-0.3, -0.25) is 10.2 Å². The lowest BCUT2D eigenvalue weighted by atomic mass is 10.0. The second-order valence-electron chi connectivity index (χ2n) is 6.88. The highest BCUT2D eigenvalue weighted by Crippen LogP contribution is 2.30. The van der Waals surface area contributed by atoms with E-state index in [0.717, 1.165) is 14.2 Å². The standard InChI is InChI=1S/C25H18F4N2O4/c1-34-24-21(28)19(26)18(20(27)22(24)29)17(32)13-16(25(33)35-2)30-31-23(14-9-5-3-6-10-14)15-11-7-4-8-12-15/h3-13,30H,1-2H3/b16-13-. The number of hydrogen-bond donors (Lipinski definition) is 1. The summed E-state index contributed by atoms with van der Waals surface area (Å²) in [5.41, 5.74) is 1.79. The maximum atomic E-state index is 14.4. The number of ketones is 1. The summed E-state index contributed by atoms with van der Waals surface area (Å²) in [6, 6.07) is 17.6. The van der Waals surface area contributed by atoms with E-state index in [1.165, 1.54) is 0 Å². The molecule has 0 aliphatic heterocycles. The first-order chi connectivity index (χ1) is 16.8. The molecular weight excluding hydrogens is 468 g/mol. The van der Waals surface area contributed by atoms with Gasteiger partial charge in [-0.05, 0) is 0 Å². The topological polar surface area (TPSA) is 77.0 Å². The molecule has 0 amide bonds. The Labute approximate surface area is 197 Å². The molecule has 0 unspecified atom stereocenters. The molecule has 3 rings (SSSR count).